The number of benzene rings is 1. The van der Waals surface area contributed by atoms with Crippen molar-refractivity contribution in [3.63, 3.8) is 0 Å². The van der Waals surface area contributed by atoms with E-state index in [-0.39, 0.29) is 12.5 Å². The number of anilines is 1. The van der Waals surface area contributed by atoms with Gasteiger partial charge in [0.15, 0.2) is 5.96 Å². The molecule has 26 heavy (non-hydrogen) atoms. The zero-order chi connectivity index (χ0) is 18.4. The van der Waals surface area contributed by atoms with E-state index in [0.717, 1.165) is 48.7 Å². The van der Waals surface area contributed by atoms with Crippen molar-refractivity contribution in [3.05, 3.63) is 45.9 Å². The van der Waals surface area contributed by atoms with Gasteiger partial charge in [0.2, 0.25) is 5.91 Å². The molecular weight excluding hydrogens is 346 g/mol. The Hall–Kier alpha value is -2.41. The summed E-state index contributed by atoms with van der Waals surface area (Å²) >= 11 is 1.66. The Labute approximate surface area is 158 Å². The Morgan fingerprint density at radius 3 is 2.96 bits per heavy atom. The van der Waals surface area contributed by atoms with E-state index in [0.29, 0.717) is 5.96 Å². The number of carbonyl (C=O) groups is 1. The first-order chi connectivity index (χ1) is 12.7. The molecule has 2 N–H and O–H groups in total. The highest BCUT2D eigenvalue weighted by Crippen LogP contribution is 2.26. The average molecular weight is 372 g/mol. The monoisotopic (exact) mass is 371 g/mol. The van der Waals surface area contributed by atoms with Gasteiger partial charge >= 0.3 is 0 Å². The lowest BCUT2D eigenvalue weighted by Gasteiger charge is -2.29. The summed E-state index contributed by atoms with van der Waals surface area (Å²) in [4.78, 5) is 23.2. The van der Waals surface area contributed by atoms with Gasteiger partial charge in [0.05, 0.1) is 17.2 Å². The van der Waals surface area contributed by atoms with Gasteiger partial charge in [0, 0.05) is 37.6 Å². The van der Waals surface area contributed by atoms with Gasteiger partial charge in [-0.05, 0) is 31.4 Å². The lowest BCUT2D eigenvalue weighted by Crippen LogP contribution is -2.46. The van der Waals surface area contributed by atoms with Gasteiger partial charge < -0.3 is 15.5 Å². The number of aromatic nitrogens is 1. The van der Waals surface area contributed by atoms with Crippen LogP contribution in [0.1, 0.15) is 22.7 Å². The first kappa shape index (κ1) is 18.4. The predicted molar refractivity (Wildman–Crippen MR) is 107 cm³/mol. The highest BCUT2D eigenvalue weighted by molar-refractivity contribution is 7.09. The quantitative estimate of drug-likeness (QED) is 0.624. The fourth-order valence-electron chi connectivity index (χ4n) is 3.10. The molecule has 1 aromatic carbocycles. The summed E-state index contributed by atoms with van der Waals surface area (Å²) in [6.07, 6.45) is 2.87. The van der Waals surface area contributed by atoms with Gasteiger partial charge in [0.1, 0.15) is 0 Å². The molecule has 0 unspecified atom stereocenters. The fraction of sp³-hybridized carbons (Fsp3) is 0.421. The minimum atomic E-state index is 0.0650. The van der Waals surface area contributed by atoms with E-state index in [1.165, 1.54) is 5.56 Å². The van der Waals surface area contributed by atoms with Crippen LogP contribution in [0.5, 0.6) is 0 Å². The van der Waals surface area contributed by atoms with Crippen LogP contribution in [0.15, 0.2) is 34.6 Å². The van der Waals surface area contributed by atoms with Crippen molar-refractivity contribution in [1.82, 2.24) is 15.6 Å². The van der Waals surface area contributed by atoms with Crippen molar-refractivity contribution >= 4 is 28.9 Å². The number of carbonyl (C=O) groups excluding carboxylic acids is 1. The standard InChI is InChI=1S/C19H25N5OS/c1-14-23-16(13-26-14)9-10-21-19(20-2)22-12-18(25)24-11-5-7-15-6-3-4-8-17(15)24/h3-4,6,8,13H,5,7,9-12H2,1-2H3,(H2,20,21,22). The van der Waals surface area contributed by atoms with Crippen LogP contribution < -0.4 is 15.5 Å². The van der Waals surface area contributed by atoms with Gasteiger partial charge in [-0.2, -0.15) is 0 Å². The number of fused-ring (bicyclic) bond motifs is 1. The number of para-hydroxylation sites is 1. The van der Waals surface area contributed by atoms with E-state index in [1.54, 1.807) is 18.4 Å². The Morgan fingerprint density at radius 1 is 1.35 bits per heavy atom. The Bertz CT molecular complexity index is 786. The Kier molecular flexibility index (Phi) is 6.22. The number of nitrogens with one attached hydrogen (secondary N) is 2. The highest BCUT2D eigenvalue weighted by atomic mass is 32.1. The summed E-state index contributed by atoms with van der Waals surface area (Å²) in [7, 11) is 1.71. The Morgan fingerprint density at radius 2 is 2.19 bits per heavy atom. The van der Waals surface area contributed by atoms with Crippen LogP contribution in [0.2, 0.25) is 0 Å². The second-order valence-electron chi connectivity index (χ2n) is 6.24. The predicted octanol–water partition coefficient (Wildman–Crippen LogP) is 2.14. The number of thiazole rings is 1. The molecule has 0 saturated carbocycles. The van der Waals surface area contributed by atoms with Crippen molar-refractivity contribution in [1.29, 1.82) is 0 Å². The van der Waals surface area contributed by atoms with Crippen LogP contribution in [0.3, 0.4) is 0 Å². The highest BCUT2D eigenvalue weighted by Gasteiger charge is 2.21. The van der Waals surface area contributed by atoms with E-state index in [1.807, 2.05) is 30.0 Å². The van der Waals surface area contributed by atoms with E-state index < -0.39 is 0 Å². The van der Waals surface area contributed by atoms with Crippen LogP contribution in [0.4, 0.5) is 5.69 Å². The third-order valence-corrected chi connectivity index (χ3v) is 5.20. The number of nitrogens with zero attached hydrogens (tertiary/aromatic N) is 3. The molecule has 1 amide bonds. The first-order valence-corrected chi connectivity index (χ1v) is 9.79. The van der Waals surface area contributed by atoms with Crippen molar-refractivity contribution in [2.24, 2.45) is 4.99 Å². The second-order valence-corrected chi connectivity index (χ2v) is 7.30. The maximum absolute atomic E-state index is 12.7. The first-order valence-electron chi connectivity index (χ1n) is 8.91. The number of guanidine groups is 1. The molecule has 1 aliphatic heterocycles. The van der Waals surface area contributed by atoms with Gasteiger partial charge in [-0.1, -0.05) is 18.2 Å². The minimum absolute atomic E-state index is 0.0650. The van der Waals surface area contributed by atoms with Crippen LogP contribution in [0.25, 0.3) is 0 Å². The molecule has 0 saturated heterocycles. The van der Waals surface area contributed by atoms with E-state index >= 15 is 0 Å². The largest absolute Gasteiger partial charge is 0.356 e. The molecule has 138 valence electrons. The fourth-order valence-corrected chi connectivity index (χ4v) is 3.75. The molecule has 2 heterocycles. The molecule has 0 aliphatic carbocycles. The van der Waals surface area contributed by atoms with E-state index in [2.05, 4.69) is 32.1 Å². The molecule has 0 radical (unpaired) electrons. The molecule has 0 fully saturated rings. The molecule has 7 heteroatoms. The lowest BCUT2D eigenvalue weighted by atomic mass is 10.0. The molecule has 0 atom stereocenters. The molecule has 2 aromatic rings. The van der Waals surface area contributed by atoms with Crippen molar-refractivity contribution in [2.45, 2.75) is 26.2 Å². The van der Waals surface area contributed by atoms with Gasteiger partial charge in [-0.15, -0.1) is 11.3 Å². The molecular formula is C19H25N5OS. The normalized spacial score (nSPS) is 14.1. The summed E-state index contributed by atoms with van der Waals surface area (Å²) in [5.74, 6) is 0.700. The summed E-state index contributed by atoms with van der Waals surface area (Å²) in [6.45, 7) is 3.73. The summed E-state index contributed by atoms with van der Waals surface area (Å²) in [6, 6.07) is 8.14. The van der Waals surface area contributed by atoms with Gasteiger partial charge in [-0.25, -0.2) is 4.98 Å². The zero-order valence-corrected chi connectivity index (χ0v) is 16.1. The number of rotatable bonds is 5. The molecule has 1 aliphatic rings. The number of hydrogen-bond donors (Lipinski definition) is 2. The molecule has 1 aromatic heterocycles. The summed E-state index contributed by atoms with van der Waals surface area (Å²) < 4.78 is 0. The SMILES string of the molecule is CN=C(NCCc1csc(C)n1)NCC(=O)N1CCCc2ccccc21. The van der Waals surface area contributed by atoms with Crippen LogP contribution >= 0.6 is 11.3 Å². The van der Waals surface area contributed by atoms with Crippen LogP contribution in [-0.4, -0.2) is 43.5 Å². The summed E-state index contributed by atoms with van der Waals surface area (Å²) in [5, 5.41) is 9.51. The average Bonchev–Trinajstić information content (AvgIpc) is 3.08. The van der Waals surface area contributed by atoms with E-state index in [4.69, 9.17) is 0 Å². The van der Waals surface area contributed by atoms with Crippen molar-refractivity contribution in [2.75, 3.05) is 31.6 Å². The minimum Gasteiger partial charge on any atom is -0.356 e. The van der Waals surface area contributed by atoms with Crippen LogP contribution in [-0.2, 0) is 17.6 Å². The number of amides is 1. The van der Waals surface area contributed by atoms with Crippen molar-refractivity contribution < 1.29 is 4.79 Å². The number of hydrogen-bond acceptors (Lipinski definition) is 4. The smallest absolute Gasteiger partial charge is 0.246 e. The third kappa shape index (κ3) is 4.60. The lowest BCUT2D eigenvalue weighted by molar-refractivity contribution is -0.117. The van der Waals surface area contributed by atoms with Gasteiger partial charge in [-0.3, -0.25) is 9.79 Å². The molecule has 6 nitrogen and oxygen atoms in total. The maximum atomic E-state index is 12.7. The number of aryl methyl sites for hydroxylation is 2. The number of aliphatic imine (C=N–C) groups is 1. The molecule has 0 spiro atoms. The van der Waals surface area contributed by atoms with Crippen LogP contribution in [0, 0.1) is 6.92 Å². The topological polar surface area (TPSA) is 69.6 Å². The van der Waals surface area contributed by atoms with E-state index in [9.17, 15) is 4.79 Å². The third-order valence-electron chi connectivity index (χ3n) is 4.38. The van der Waals surface area contributed by atoms with Gasteiger partial charge in [0.25, 0.3) is 0 Å². The molecule has 3 rings (SSSR count). The Balaban J connectivity index is 1.48. The summed E-state index contributed by atoms with van der Waals surface area (Å²) in [5.41, 5.74) is 3.36. The zero-order valence-electron chi connectivity index (χ0n) is 15.3. The van der Waals surface area contributed by atoms with Crippen molar-refractivity contribution in [3.8, 4) is 0 Å². The second kappa shape index (κ2) is 8.80. The maximum Gasteiger partial charge on any atom is 0.246 e. The molecule has 0 bridgehead atoms.